The molecule has 4 nitrogen and oxygen atoms in total. The van der Waals surface area contributed by atoms with Gasteiger partial charge in [-0.15, -0.1) is 0 Å². The van der Waals surface area contributed by atoms with Gasteiger partial charge in [-0.3, -0.25) is 9.78 Å². The first kappa shape index (κ1) is 8.04. The van der Waals surface area contributed by atoms with Gasteiger partial charge in [0.25, 0.3) is 0 Å². The maximum absolute atomic E-state index is 4.25. The summed E-state index contributed by atoms with van der Waals surface area (Å²) in [6, 6.07) is 2.37. The van der Waals surface area contributed by atoms with Gasteiger partial charge in [-0.1, -0.05) is 0 Å². The molecule has 0 spiro atoms. The summed E-state index contributed by atoms with van der Waals surface area (Å²) in [6.07, 6.45) is 5.48. The predicted octanol–water partition coefficient (Wildman–Crippen LogP) is 1.85. The van der Waals surface area contributed by atoms with Crippen molar-refractivity contribution in [2.45, 2.75) is 19.9 Å². The Kier molecular flexibility index (Phi) is 1.88. The van der Waals surface area contributed by atoms with Gasteiger partial charge in [0.15, 0.2) is 0 Å². The van der Waals surface area contributed by atoms with Crippen LogP contribution in [-0.2, 0) is 0 Å². The smallest absolute Gasteiger partial charge is 0.0716 e. The van der Waals surface area contributed by atoms with E-state index in [1.54, 1.807) is 6.20 Å². The van der Waals surface area contributed by atoms with Gasteiger partial charge in [0, 0.05) is 24.0 Å². The van der Waals surface area contributed by atoms with Gasteiger partial charge >= 0.3 is 0 Å². The van der Waals surface area contributed by atoms with Crippen LogP contribution in [-0.4, -0.2) is 20.0 Å². The summed E-state index contributed by atoms with van der Waals surface area (Å²) in [7, 11) is 0. The van der Waals surface area contributed by atoms with Crippen LogP contribution in [0.1, 0.15) is 19.9 Å². The van der Waals surface area contributed by atoms with Crippen molar-refractivity contribution in [1.29, 1.82) is 0 Å². The van der Waals surface area contributed by atoms with Crippen LogP contribution in [0.2, 0.25) is 0 Å². The van der Waals surface area contributed by atoms with Gasteiger partial charge in [-0.2, -0.15) is 10.2 Å². The summed E-state index contributed by atoms with van der Waals surface area (Å²) in [5, 5.41) is 11.0. The molecule has 0 bridgehead atoms. The first-order valence-corrected chi connectivity index (χ1v) is 4.31. The van der Waals surface area contributed by atoms with Crippen LogP contribution < -0.4 is 0 Å². The van der Waals surface area contributed by atoms with E-state index in [1.165, 1.54) is 0 Å². The average molecular weight is 176 g/mol. The number of aromatic amines is 1. The Labute approximate surface area is 76.6 Å². The van der Waals surface area contributed by atoms with Gasteiger partial charge in [0.1, 0.15) is 0 Å². The third-order valence-electron chi connectivity index (χ3n) is 1.95. The molecular weight excluding hydrogens is 164 g/mol. The van der Waals surface area contributed by atoms with Crippen LogP contribution in [0.5, 0.6) is 0 Å². The normalized spacial score (nSPS) is 11.0. The summed E-state index contributed by atoms with van der Waals surface area (Å²) in [5.41, 5.74) is 2.18. The Morgan fingerprint density at radius 3 is 2.92 bits per heavy atom. The molecule has 13 heavy (non-hydrogen) atoms. The van der Waals surface area contributed by atoms with Crippen molar-refractivity contribution in [3.63, 3.8) is 0 Å². The van der Waals surface area contributed by atoms with Crippen LogP contribution in [0, 0.1) is 0 Å². The third kappa shape index (κ3) is 1.35. The Morgan fingerprint density at radius 1 is 1.46 bits per heavy atom. The summed E-state index contributed by atoms with van der Waals surface area (Å²) < 4.78 is 1.98. The van der Waals surface area contributed by atoms with E-state index in [4.69, 9.17) is 0 Å². The molecule has 0 aliphatic rings. The molecule has 0 atom stereocenters. The van der Waals surface area contributed by atoms with Crippen LogP contribution >= 0.6 is 0 Å². The summed E-state index contributed by atoms with van der Waals surface area (Å²) >= 11 is 0. The van der Waals surface area contributed by atoms with Crippen molar-refractivity contribution in [3.8, 4) is 11.3 Å². The highest BCUT2D eigenvalue weighted by molar-refractivity contribution is 5.56. The Bertz CT molecular complexity index is 372. The van der Waals surface area contributed by atoms with Gasteiger partial charge in [-0.05, 0) is 19.9 Å². The van der Waals surface area contributed by atoms with Crippen LogP contribution in [0.15, 0.2) is 24.7 Å². The lowest BCUT2D eigenvalue weighted by Crippen LogP contribution is -2.03. The zero-order chi connectivity index (χ0) is 9.26. The first-order valence-electron chi connectivity index (χ1n) is 4.31. The number of nitrogens with zero attached hydrogens (tertiary/aromatic N) is 3. The molecule has 0 aromatic carbocycles. The molecule has 0 unspecified atom stereocenters. The van der Waals surface area contributed by atoms with Crippen LogP contribution in [0.3, 0.4) is 0 Å². The lowest BCUT2D eigenvalue weighted by Gasteiger charge is -2.08. The largest absolute Gasteiger partial charge is 0.285 e. The number of hydrogen-bond donors (Lipinski definition) is 1. The van der Waals surface area contributed by atoms with E-state index in [9.17, 15) is 0 Å². The first-order chi connectivity index (χ1) is 6.29. The summed E-state index contributed by atoms with van der Waals surface area (Å²) in [4.78, 5) is 0. The number of nitrogens with one attached hydrogen (secondary N) is 1. The predicted molar refractivity (Wildman–Crippen MR) is 50.2 cm³/mol. The van der Waals surface area contributed by atoms with Crippen LogP contribution in [0.25, 0.3) is 11.3 Å². The molecule has 2 rings (SSSR count). The molecule has 0 aliphatic carbocycles. The molecule has 0 fully saturated rings. The number of H-pyrrole nitrogens is 1. The van der Waals surface area contributed by atoms with Gasteiger partial charge in [-0.25, -0.2) is 0 Å². The zero-order valence-electron chi connectivity index (χ0n) is 7.73. The molecule has 0 aliphatic heterocycles. The average Bonchev–Trinajstić information content (AvgIpc) is 2.74. The molecule has 4 heteroatoms. The molecule has 0 saturated carbocycles. The van der Waals surface area contributed by atoms with E-state index < -0.39 is 0 Å². The molecule has 0 radical (unpaired) electrons. The number of rotatable bonds is 2. The van der Waals surface area contributed by atoms with E-state index in [-0.39, 0.29) is 0 Å². The highest BCUT2D eigenvalue weighted by Gasteiger charge is 2.07. The van der Waals surface area contributed by atoms with Crippen molar-refractivity contribution in [3.05, 3.63) is 24.7 Å². The maximum atomic E-state index is 4.25. The molecule has 0 saturated heterocycles. The van der Waals surface area contributed by atoms with E-state index >= 15 is 0 Å². The zero-order valence-corrected chi connectivity index (χ0v) is 7.73. The van der Waals surface area contributed by atoms with Gasteiger partial charge in [0.05, 0.1) is 11.9 Å². The van der Waals surface area contributed by atoms with Crippen LogP contribution in [0.4, 0.5) is 0 Å². The Balaban J connectivity index is 2.46. The van der Waals surface area contributed by atoms with E-state index in [2.05, 4.69) is 29.1 Å². The van der Waals surface area contributed by atoms with Crippen molar-refractivity contribution in [2.24, 2.45) is 0 Å². The van der Waals surface area contributed by atoms with Crippen molar-refractivity contribution in [2.75, 3.05) is 0 Å². The fraction of sp³-hybridized carbons (Fsp3) is 0.333. The summed E-state index contributed by atoms with van der Waals surface area (Å²) in [5.74, 6) is 0. The van der Waals surface area contributed by atoms with Crippen molar-refractivity contribution < 1.29 is 0 Å². The second-order valence-electron chi connectivity index (χ2n) is 3.24. The van der Waals surface area contributed by atoms with E-state index in [0.29, 0.717) is 6.04 Å². The van der Waals surface area contributed by atoms with Gasteiger partial charge in [0.2, 0.25) is 0 Å². The highest BCUT2D eigenvalue weighted by atomic mass is 15.3. The minimum absolute atomic E-state index is 0.375. The molecule has 1 N–H and O–H groups in total. The SMILES string of the molecule is CC(C)n1nccc1-c1cn[nH]c1. The van der Waals surface area contributed by atoms with E-state index in [0.717, 1.165) is 11.3 Å². The lowest BCUT2D eigenvalue weighted by atomic mass is 10.2. The molecule has 0 amide bonds. The summed E-state index contributed by atoms with van der Waals surface area (Å²) in [6.45, 7) is 4.22. The highest BCUT2D eigenvalue weighted by Crippen LogP contribution is 2.19. The standard InChI is InChI=1S/C9H12N4/c1-7(2)13-9(3-4-12-13)8-5-10-11-6-8/h3-7H,1-2H3,(H,10,11). The Morgan fingerprint density at radius 2 is 2.31 bits per heavy atom. The Hall–Kier alpha value is -1.58. The lowest BCUT2D eigenvalue weighted by molar-refractivity contribution is 0.538. The molecule has 2 aromatic rings. The minimum Gasteiger partial charge on any atom is -0.285 e. The minimum atomic E-state index is 0.375. The second-order valence-corrected chi connectivity index (χ2v) is 3.24. The topological polar surface area (TPSA) is 46.5 Å². The monoisotopic (exact) mass is 176 g/mol. The second kappa shape index (κ2) is 3.05. The van der Waals surface area contributed by atoms with Gasteiger partial charge < -0.3 is 0 Å². The maximum Gasteiger partial charge on any atom is 0.0716 e. The van der Waals surface area contributed by atoms with Crippen molar-refractivity contribution >= 4 is 0 Å². The fourth-order valence-corrected chi connectivity index (χ4v) is 1.35. The quantitative estimate of drug-likeness (QED) is 0.759. The fourth-order valence-electron chi connectivity index (χ4n) is 1.35. The molecule has 2 heterocycles. The third-order valence-corrected chi connectivity index (χ3v) is 1.95. The van der Waals surface area contributed by atoms with E-state index in [1.807, 2.05) is 23.1 Å². The molecular formula is C9H12N4. The molecule has 68 valence electrons. The molecule has 2 aromatic heterocycles. The number of aromatic nitrogens is 4. The van der Waals surface area contributed by atoms with Crippen molar-refractivity contribution in [1.82, 2.24) is 20.0 Å². The number of hydrogen-bond acceptors (Lipinski definition) is 2.